The average Bonchev–Trinajstić information content (AvgIpc) is 3.82. The monoisotopic (exact) mass is 670 g/mol. The lowest BCUT2D eigenvalue weighted by molar-refractivity contribution is 0.0964. The fourth-order valence-electron chi connectivity index (χ4n) is 5.44. The minimum Gasteiger partial charge on any atom is -0.455 e. The number of halogens is 2. The van der Waals surface area contributed by atoms with Gasteiger partial charge in [-0.1, -0.05) is 23.7 Å². The average molecular weight is 671 g/mol. The number of nitrogens with zero attached hydrogens (tertiary/aromatic N) is 3. The summed E-state index contributed by atoms with van der Waals surface area (Å²) < 4.78 is 58.7. The summed E-state index contributed by atoms with van der Waals surface area (Å²) in [7, 11) is -0.846. The molecule has 0 fully saturated rings. The normalized spacial score (nSPS) is 11.8. The first-order valence-corrected chi connectivity index (χ1v) is 16.4. The third kappa shape index (κ3) is 5.30. The van der Waals surface area contributed by atoms with Gasteiger partial charge in [-0.15, -0.1) is 0 Å². The Balaban J connectivity index is 1.52. The molecule has 236 valence electrons. The van der Waals surface area contributed by atoms with Crippen LogP contribution in [-0.2, 0) is 10.0 Å². The Bertz CT molecular complexity index is 2440. The lowest BCUT2D eigenvalue weighted by Gasteiger charge is -2.21. The zero-order valence-electron chi connectivity index (χ0n) is 25.0. The number of para-hydroxylation sites is 1. The largest absolute Gasteiger partial charge is 0.455 e. The number of sulfonamides is 1. The van der Waals surface area contributed by atoms with Crippen LogP contribution in [0.2, 0.25) is 5.02 Å². The third-order valence-corrected chi connectivity index (χ3v) is 9.33. The number of fused-ring (bicyclic) bond motifs is 2. The Labute approximate surface area is 272 Å². The maximum absolute atomic E-state index is 13.8. The van der Waals surface area contributed by atoms with Crippen LogP contribution in [0.15, 0.2) is 98.6 Å². The molecule has 7 rings (SSSR count). The molecule has 3 aromatic heterocycles. The fourth-order valence-corrected chi connectivity index (χ4v) is 6.16. The summed E-state index contributed by atoms with van der Waals surface area (Å²) in [5.74, 6) is 0.00605. The van der Waals surface area contributed by atoms with Crippen LogP contribution in [0, 0.1) is 5.82 Å². The van der Waals surface area contributed by atoms with Gasteiger partial charge in [0.25, 0.3) is 5.91 Å². The van der Waals surface area contributed by atoms with Crippen LogP contribution >= 0.6 is 11.6 Å². The van der Waals surface area contributed by atoms with E-state index in [9.17, 15) is 17.6 Å². The number of amides is 1. The quantitative estimate of drug-likeness (QED) is 0.182. The van der Waals surface area contributed by atoms with Crippen molar-refractivity contribution in [3.63, 3.8) is 0 Å². The summed E-state index contributed by atoms with van der Waals surface area (Å²) in [4.78, 5) is 22.0. The molecule has 13 heteroatoms. The van der Waals surface area contributed by atoms with E-state index in [0.717, 1.165) is 10.6 Å². The van der Waals surface area contributed by atoms with E-state index in [1.54, 1.807) is 54.7 Å². The minimum atomic E-state index is -3.76. The Morgan fingerprint density at radius 1 is 0.936 bits per heavy atom. The highest BCUT2D eigenvalue weighted by atomic mass is 35.5. The van der Waals surface area contributed by atoms with Crippen molar-refractivity contribution in [1.29, 1.82) is 0 Å². The van der Waals surface area contributed by atoms with E-state index in [1.807, 2.05) is 0 Å². The lowest BCUT2D eigenvalue weighted by atomic mass is 9.95. The number of carbonyl (C=O) groups excluding carboxylic acids is 1. The number of benzene rings is 4. The standard InChI is InChI=1S/C34H24ClFN4O6S/c1-37-33(41)30-24-14-22(26(40(2)47(3,42)43)15-28(24)45-32(30)18-7-10-20(36)11-8-18)19-9-12-21(29-16-38-17-44-29)23(13-19)34-39-31-25(35)5-4-6-27(31)46-34/h4-17H,1-3H3,(H,37,41). The van der Waals surface area contributed by atoms with Crippen LogP contribution in [0.5, 0.6) is 0 Å². The minimum absolute atomic E-state index is 0.203. The van der Waals surface area contributed by atoms with Crippen LogP contribution in [0.1, 0.15) is 10.4 Å². The van der Waals surface area contributed by atoms with E-state index >= 15 is 0 Å². The maximum Gasteiger partial charge on any atom is 0.255 e. The number of anilines is 1. The highest BCUT2D eigenvalue weighted by Gasteiger charge is 2.27. The van der Waals surface area contributed by atoms with Crippen molar-refractivity contribution in [3.05, 3.63) is 102 Å². The number of furan rings is 1. The van der Waals surface area contributed by atoms with Crippen molar-refractivity contribution in [2.45, 2.75) is 0 Å². The molecule has 0 spiro atoms. The molecule has 1 N–H and O–H groups in total. The van der Waals surface area contributed by atoms with Gasteiger partial charge in [0.2, 0.25) is 15.9 Å². The molecule has 0 saturated carbocycles. The Morgan fingerprint density at radius 2 is 1.70 bits per heavy atom. The Morgan fingerprint density at radius 3 is 2.38 bits per heavy atom. The van der Waals surface area contributed by atoms with Gasteiger partial charge in [-0.3, -0.25) is 9.10 Å². The van der Waals surface area contributed by atoms with Crippen LogP contribution in [0.4, 0.5) is 10.1 Å². The molecule has 0 radical (unpaired) electrons. The van der Waals surface area contributed by atoms with E-state index in [2.05, 4.69) is 15.3 Å². The van der Waals surface area contributed by atoms with Crippen LogP contribution < -0.4 is 9.62 Å². The Hall–Kier alpha value is -5.46. The molecule has 4 aromatic carbocycles. The number of carbonyl (C=O) groups is 1. The highest BCUT2D eigenvalue weighted by molar-refractivity contribution is 7.92. The summed E-state index contributed by atoms with van der Waals surface area (Å²) in [6, 6.07) is 19.4. The van der Waals surface area contributed by atoms with Gasteiger partial charge in [-0.2, -0.15) is 0 Å². The van der Waals surface area contributed by atoms with Gasteiger partial charge >= 0.3 is 0 Å². The maximum atomic E-state index is 13.8. The van der Waals surface area contributed by atoms with Crippen molar-refractivity contribution in [2.75, 3.05) is 24.7 Å². The van der Waals surface area contributed by atoms with Gasteiger partial charge in [-0.05, 0) is 60.2 Å². The summed E-state index contributed by atoms with van der Waals surface area (Å²) in [5, 5.41) is 3.47. The van der Waals surface area contributed by atoms with Crippen LogP contribution in [0.3, 0.4) is 0 Å². The van der Waals surface area contributed by atoms with E-state index in [1.165, 1.54) is 44.8 Å². The molecular formula is C34H24ClFN4O6S. The van der Waals surface area contributed by atoms with Gasteiger partial charge < -0.3 is 18.6 Å². The number of nitrogens with one attached hydrogen (secondary N) is 1. The summed E-state index contributed by atoms with van der Waals surface area (Å²) in [6.07, 6.45) is 3.95. The highest BCUT2D eigenvalue weighted by Crippen LogP contribution is 2.44. The molecule has 0 unspecified atom stereocenters. The molecule has 47 heavy (non-hydrogen) atoms. The number of oxazole rings is 2. The predicted molar refractivity (Wildman–Crippen MR) is 177 cm³/mol. The molecule has 0 bridgehead atoms. The van der Waals surface area contributed by atoms with Crippen LogP contribution in [0.25, 0.3) is 67.3 Å². The fraction of sp³-hybridized carbons (Fsp3) is 0.0882. The summed E-state index contributed by atoms with van der Waals surface area (Å²) in [5.41, 5.74) is 4.31. The van der Waals surface area contributed by atoms with Gasteiger partial charge in [0, 0.05) is 47.8 Å². The van der Waals surface area contributed by atoms with E-state index < -0.39 is 21.7 Å². The van der Waals surface area contributed by atoms with Crippen LogP contribution in [-0.4, -0.2) is 44.6 Å². The van der Waals surface area contributed by atoms with Gasteiger partial charge in [-0.25, -0.2) is 22.8 Å². The van der Waals surface area contributed by atoms with Gasteiger partial charge in [0.15, 0.2) is 17.7 Å². The molecule has 0 atom stereocenters. The number of aromatic nitrogens is 2. The van der Waals surface area contributed by atoms with Crippen molar-refractivity contribution in [3.8, 4) is 45.2 Å². The van der Waals surface area contributed by atoms with Crippen molar-refractivity contribution >= 4 is 55.3 Å². The van der Waals surface area contributed by atoms with Gasteiger partial charge in [0.05, 0.1) is 28.7 Å². The molecule has 3 heterocycles. The predicted octanol–water partition coefficient (Wildman–Crippen LogP) is 7.78. The summed E-state index contributed by atoms with van der Waals surface area (Å²) >= 11 is 6.41. The molecule has 0 aliphatic heterocycles. The summed E-state index contributed by atoms with van der Waals surface area (Å²) in [6.45, 7) is 0. The molecular weight excluding hydrogens is 647 g/mol. The second-order valence-electron chi connectivity index (χ2n) is 10.7. The molecule has 0 saturated heterocycles. The lowest BCUT2D eigenvalue weighted by Crippen LogP contribution is -2.25. The van der Waals surface area contributed by atoms with Gasteiger partial charge in [0.1, 0.15) is 22.7 Å². The van der Waals surface area contributed by atoms with Crippen molar-refractivity contribution in [1.82, 2.24) is 15.3 Å². The number of hydrogen-bond acceptors (Lipinski definition) is 8. The second-order valence-corrected chi connectivity index (χ2v) is 13.1. The van der Waals surface area contributed by atoms with E-state index in [0.29, 0.717) is 55.1 Å². The third-order valence-electron chi connectivity index (χ3n) is 7.83. The topological polar surface area (TPSA) is 132 Å². The smallest absolute Gasteiger partial charge is 0.255 e. The zero-order chi connectivity index (χ0) is 33.0. The first-order chi connectivity index (χ1) is 22.5. The molecule has 10 nitrogen and oxygen atoms in total. The second kappa shape index (κ2) is 11.4. The molecule has 7 aromatic rings. The first kappa shape index (κ1) is 30.2. The Kier molecular flexibility index (Phi) is 7.33. The van der Waals surface area contributed by atoms with Crippen molar-refractivity contribution < 1.29 is 30.9 Å². The first-order valence-electron chi connectivity index (χ1n) is 14.1. The van der Waals surface area contributed by atoms with Crippen molar-refractivity contribution in [2.24, 2.45) is 0 Å². The molecule has 0 aliphatic rings. The SMILES string of the molecule is CNC(=O)c1c(-c2ccc(F)cc2)oc2cc(N(C)S(C)(=O)=O)c(-c3ccc(-c4cnco4)c(-c4nc5c(Cl)cccc5o4)c3)cc12. The molecule has 0 aliphatic carbocycles. The zero-order valence-corrected chi connectivity index (χ0v) is 26.6. The number of hydrogen-bond donors (Lipinski definition) is 1. The molecule has 1 amide bonds. The van der Waals surface area contributed by atoms with E-state index in [4.69, 9.17) is 24.9 Å². The number of rotatable bonds is 7. The van der Waals surface area contributed by atoms with E-state index in [-0.39, 0.29) is 28.5 Å².